The zero-order chi connectivity index (χ0) is 14.7. The summed E-state index contributed by atoms with van der Waals surface area (Å²) in [7, 11) is 0. The van der Waals surface area contributed by atoms with Crippen LogP contribution in [0.4, 0.5) is 0 Å². The standard InChI is InChI=1S/C14H15N3O4/c18-14(19)11-8-17(6-7-20-11)9-12-15-13(21-16-12)10-4-2-1-3-5-10/h1-5,11H,6-9H2,(H,18,19). The van der Waals surface area contributed by atoms with E-state index < -0.39 is 12.1 Å². The predicted molar refractivity (Wildman–Crippen MR) is 72.4 cm³/mol. The molecule has 0 amide bonds. The molecule has 1 aliphatic rings. The molecule has 1 fully saturated rings. The summed E-state index contributed by atoms with van der Waals surface area (Å²) in [5.41, 5.74) is 0.863. The van der Waals surface area contributed by atoms with Crippen LogP contribution in [0.25, 0.3) is 11.5 Å². The molecule has 7 nitrogen and oxygen atoms in total. The molecule has 1 unspecified atom stereocenters. The monoisotopic (exact) mass is 289 g/mol. The molecule has 21 heavy (non-hydrogen) atoms. The van der Waals surface area contributed by atoms with Gasteiger partial charge in [0.05, 0.1) is 13.2 Å². The van der Waals surface area contributed by atoms with Crippen molar-refractivity contribution in [1.29, 1.82) is 0 Å². The molecule has 0 aliphatic carbocycles. The van der Waals surface area contributed by atoms with E-state index in [4.69, 9.17) is 14.4 Å². The summed E-state index contributed by atoms with van der Waals surface area (Å²) >= 11 is 0. The normalized spacial score (nSPS) is 19.5. The molecule has 1 saturated heterocycles. The maximum Gasteiger partial charge on any atom is 0.334 e. The highest BCUT2D eigenvalue weighted by atomic mass is 16.5. The number of nitrogens with zero attached hydrogens (tertiary/aromatic N) is 3. The lowest BCUT2D eigenvalue weighted by Crippen LogP contribution is -2.45. The quantitative estimate of drug-likeness (QED) is 0.898. The van der Waals surface area contributed by atoms with Crippen LogP contribution in [0.5, 0.6) is 0 Å². The highest BCUT2D eigenvalue weighted by Gasteiger charge is 2.27. The molecule has 3 rings (SSSR count). The van der Waals surface area contributed by atoms with Crippen LogP contribution >= 0.6 is 0 Å². The fourth-order valence-corrected chi connectivity index (χ4v) is 2.21. The molecule has 2 aromatic rings. The molecule has 1 aromatic heterocycles. The Kier molecular flexibility index (Phi) is 3.94. The highest BCUT2D eigenvalue weighted by Crippen LogP contribution is 2.17. The average Bonchev–Trinajstić information content (AvgIpc) is 2.97. The van der Waals surface area contributed by atoms with Gasteiger partial charge in [-0.1, -0.05) is 23.4 Å². The van der Waals surface area contributed by atoms with Gasteiger partial charge in [0.15, 0.2) is 11.9 Å². The molecule has 7 heteroatoms. The minimum atomic E-state index is -0.946. The second-order valence-electron chi connectivity index (χ2n) is 4.81. The molecule has 0 spiro atoms. The van der Waals surface area contributed by atoms with Gasteiger partial charge in [0.1, 0.15) is 0 Å². The summed E-state index contributed by atoms with van der Waals surface area (Å²) in [5.74, 6) is 0.0614. The van der Waals surface area contributed by atoms with Gasteiger partial charge in [-0.15, -0.1) is 0 Å². The molecule has 1 atom stereocenters. The summed E-state index contributed by atoms with van der Waals surface area (Å²) < 4.78 is 10.4. The minimum Gasteiger partial charge on any atom is -0.479 e. The minimum absolute atomic E-state index is 0.324. The molecule has 0 saturated carbocycles. The SMILES string of the molecule is O=C(O)C1CN(Cc2noc(-c3ccccc3)n2)CCO1. The van der Waals surface area contributed by atoms with Crippen molar-refractivity contribution >= 4 is 5.97 Å². The molecular weight excluding hydrogens is 274 g/mol. The Bertz CT molecular complexity index is 614. The van der Waals surface area contributed by atoms with E-state index >= 15 is 0 Å². The third-order valence-corrected chi connectivity index (χ3v) is 3.28. The van der Waals surface area contributed by atoms with Gasteiger partial charge >= 0.3 is 5.97 Å². The van der Waals surface area contributed by atoms with E-state index in [9.17, 15) is 4.79 Å². The molecule has 0 bridgehead atoms. The predicted octanol–water partition coefficient (Wildman–Crippen LogP) is 1.02. The van der Waals surface area contributed by atoms with Crippen molar-refractivity contribution in [3.05, 3.63) is 36.2 Å². The fraction of sp³-hybridized carbons (Fsp3) is 0.357. The van der Waals surface area contributed by atoms with Gasteiger partial charge in [0.25, 0.3) is 5.89 Å². The number of ether oxygens (including phenoxy) is 1. The van der Waals surface area contributed by atoms with Crippen LogP contribution in [0.2, 0.25) is 0 Å². The van der Waals surface area contributed by atoms with E-state index in [1.165, 1.54) is 0 Å². The summed E-state index contributed by atoms with van der Waals surface area (Å²) in [5, 5.41) is 12.9. The first-order chi connectivity index (χ1) is 10.2. The van der Waals surface area contributed by atoms with Crippen molar-refractivity contribution in [3.63, 3.8) is 0 Å². The number of hydrogen-bond acceptors (Lipinski definition) is 6. The van der Waals surface area contributed by atoms with Gasteiger partial charge in [-0.25, -0.2) is 4.79 Å². The lowest BCUT2D eigenvalue weighted by atomic mass is 10.2. The maximum atomic E-state index is 10.9. The number of carboxylic acids is 1. The van der Waals surface area contributed by atoms with Crippen LogP contribution in [-0.2, 0) is 16.1 Å². The van der Waals surface area contributed by atoms with Gasteiger partial charge in [-0.05, 0) is 12.1 Å². The molecule has 0 radical (unpaired) electrons. The topological polar surface area (TPSA) is 88.7 Å². The molecular formula is C14H15N3O4. The Labute approximate surface area is 121 Å². The molecule has 1 N–H and O–H groups in total. The summed E-state index contributed by atoms with van der Waals surface area (Å²) in [6.07, 6.45) is -0.792. The number of benzene rings is 1. The first kappa shape index (κ1) is 13.7. The van der Waals surface area contributed by atoms with Crippen LogP contribution in [0.15, 0.2) is 34.9 Å². The molecule has 1 aliphatic heterocycles. The number of carboxylic acid groups (broad SMARTS) is 1. The van der Waals surface area contributed by atoms with Crippen molar-refractivity contribution < 1.29 is 19.2 Å². The first-order valence-corrected chi connectivity index (χ1v) is 6.67. The Morgan fingerprint density at radius 2 is 2.19 bits per heavy atom. The average molecular weight is 289 g/mol. The number of hydrogen-bond donors (Lipinski definition) is 1. The van der Waals surface area contributed by atoms with E-state index in [0.29, 0.717) is 38.0 Å². The largest absolute Gasteiger partial charge is 0.479 e. The zero-order valence-electron chi connectivity index (χ0n) is 11.3. The van der Waals surface area contributed by atoms with Crippen LogP contribution in [0.3, 0.4) is 0 Å². The van der Waals surface area contributed by atoms with Gasteiger partial charge in [-0.3, -0.25) is 4.90 Å². The van der Waals surface area contributed by atoms with Crippen LogP contribution < -0.4 is 0 Å². The van der Waals surface area contributed by atoms with Crippen molar-refractivity contribution in [2.75, 3.05) is 19.7 Å². The van der Waals surface area contributed by atoms with E-state index in [0.717, 1.165) is 5.56 Å². The van der Waals surface area contributed by atoms with Crippen molar-refractivity contribution in [2.45, 2.75) is 12.6 Å². The van der Waals surface area contributed by atoms with Crippen LogP contribution in [0.1, 0.15) is 5.82 Å². The zero-order valence-corrected chi connectivity index (χ0v) is 11.3. The number of carbonyl (C=O) groups is 1. The van der Waals surface area contributed by atoms with Crippen molar-refractivity contribution in [1.82, 2.24) is 15.0 Å². The Morgan fingerprint density at radius 1 is 1.38 bits per heavy atom. The third kappa shape index (κ3) is 3.26. The lowest BCUT2D eigenvalue weighted by molar-refractivity contribution is -0.156. The lowest BCUT2D eigenvalue weighted by Gasteiger charge is -2.29. The van der Waals surface area contributed by atoms with E-state index in [1.807, 2.05) is 35.2 Å². The fourth-order valence-electron chi connectivity index (χ4n) is 2.21. The second kappa shape index (κ2) is 6.02. The number of rotatable bonds is 4. The Balaban J connectivity index is 1.66. The molecule has 1 aromatic carbocycles. The maximum absolute atomic E-state index is 10.9. The van der Waals surface area contributed by atoms with Gasteiger partial charge in [0, 0.05) is 18.7 Å². The molecule has 110 valence electrons. The number of aliphatic carboxylic acids is 1. The first-order valence-electron chi connectivity index (χ1n) is 6.67. The summed E-state index contributed by atoms with van der Waals surface area (Å²) in [6, 6.07) is 9.51. The van der Waals surface area contributed by atoms with E-state index in [2.05, 4.69) is 10.1 Å². The molecule has 2 heterocycles. The summed E-state index contributed by atoms with van der Waals surface area (Å²) in [6.45, 7) is 1.81. The van der Waals surface area contributed by atoms with Crippen molar-refractivity contribution in [2.24, 2.45) is 0 Å². The van der Waals surface area contributed by atoms with Crippen LogP contribution in [-0.4, -0.2) is 51.9 Å². The van der Waals surface area contributed by atoms with E-state index in [-0.39, 0.29) is 0 Å². The van der Waals surface area contributed by atoms with Gasteiger partial charge < -0.3 is 14.4 Å². The summed E-state index contributed by atoms with van der Waals surface area (Å²) in [4.78, 5) is 17.2. The van der Waals surface area contributed by atoms with Crippen molar-refractivity contribution in [3.8, 4) is 11.5 Å². The highest BCUT2D eigenvalue weighted by molar-refractivity contribution is 5.72. The van der Waals surface area contributed by atoms with Crippen LogP contribution in [0, 0.1) is 0 Å². The number of aromatic nitrogens is 2. The van der Waals surface area contributed by atoms with E-state index in [1.54, 1.807) is 0 Å². The second-order valence-corrected chi connectivity index (χ2v) is 4.81. The third-order valence-electron chi connectivity index (χ3n) is 3.28. The Hall–Kier alpha value is -2.25. The number of morpholine rings is 1. The smallest absolute Gasteiger partial charge is 0.334 e. The van der Waals surface area contributed by atoms with Gasteiger partial charge in [0.2, 0.25) is 0 Å². The Morgan fingerprint density at radius 3 is 2.95 bits per heavy atom. The van der Waals surface area contributed by atoms with Gasteiger partial charge in [-0.2, -0.15) is 4.98 Å².